The zero-order valence-corrected chi connectivity index (χ0v) is 14.8. The van der Waals surface area contributed by atoms with Crippen molar-refractivity contribution in [1.82, 2.24) is 4.90 Å². The van der Waals surface area contributed by atoms with Gasteiger partial charge in [0.15, 0.2) is 0 Å². The molecule has 1 aliphatic rings. The highest BCUT2D eigenvalue weighted by atomic mass is 16.6. The SMILES string of the molecule is CC(C)(C)OC(=O)N1C[C@@H](O)[C@H](O)[C@H](O)[C@H]1COCc1ccccc1. The normalized spacial score (nSPS) is 27.2. The lowest BCUT2D eigenvalue weighted by Gasteiger charge is -2.43. The molecule has 1 aromatic rings. The summed E-state index contributed by atoms with van der Waals surface area (Å²) in [4.78, 5) is 13.6. The summed E-state index contributed by atoms with van der Waals surface area (Å²) in [5.74, 6) is 0. The topological polar surface area (TPSA) is 99.5 Å². The molecule has 1 heterocycles. The van der Waals surface area contributed by atoms with Gasteiger partial charge in [-0.1, -0.05) is 30.3 Å². The second kappa shape index (κ2) is 8.14. The number of benzene rings is 1. The second-order valence-electron chi connectivity index (χ2n) is 7.25. The lowest BCUT2D eigenvalue weighted by Crippen LogP contribution is -2.64. The molecule has 0 spiro atoms. The third-order valence-corrected chi connectivity index (χ3v) is 3.95. The summed E-state index contributed by atoms with van der Waals surface area (Å²) in [6, 6.07) is 8.68. The molecule has 25 heavy (non-hydrogen) atoms. The molecule has 7 heteroatoms. The van der Waals surface area contributed by atoms with Gasteiger partial charge in [-0.05, 0) is 26.3 Å². The van der Waals surface area contributed by atoms with Crippen molar-refractivity contribution in [2.75, 3.05) is 13.2 Å². The van der Waals surface area contributed by atoms with E-state index in [0.29, 0.717) is 6.61 Å². The van der Waals surface area contributed by atoms with Gasteiger partial charge in [-0.25, -0.2) is 4.79 Å². The average Bonchev–Trinajstić information content (AvgIpc) is 2.54. The summed E-state index contributed by atoms with van der Waals surface area (Å²) in [6.07, 6.45) is -4.57. The highest BCUT2D eigenvalue weighted by molar-refractivity contribution is 5.69. The van der Waals surface area contributed by atoms with Crippen molar-refractivity contribution in [2.45, 2.75) is 57.3 Å². The number of piperidine rings is 1. The maximum absolute atomic E-state index is 12.4. The molecule has 4 atom stereocenters. The van der Waals surface area contributed by atoms with E-state index in [1.807, 2.05) is 30.3 Å². The van der Waals surface area contributed by atoms with E-state index in [9.17, 15) is 20.1 Å². The lowest BCUT2D eigenvalue weighted by molar-refractivity contribution is -0.147. The minimum Gasteiger partial charge on any atom is -0.444 e. The molecule has 1 saturated heterocycles. The van der Waals surface area contributed by atoms with Crippen LogP contribution in [0.1, 0.15) is 26.3 Å². The molecule has 0 aliphatic carbocycles. The van der Waals surface area contributed by atoms with Gasteiger partial charge in [0.1, 0.15) is 23.9 Å². The molecule has 1 aromatic carbocycles. The number of nitrogens with zero attached hydrogens (tertiary/aromatic N) is 1. The molecule has 140 valence electrons. The molecule has 1 aliphatic heterocycles. The van der Waals surface area contributed by atoms with Crippen molar-refractivity contribution in [2.24, 2.45) is 0 Å². The third-order valence-electron chi connectivity index (χ3n) is 3.95. The Bertz CT molecular complexity index is 558. The highest BCUT2D eigenvalue weighted by Gasteiger charge is 2.44. The number of β-amino-alcohol motifs (C(OH)–C–C–N with tert-alkyl or cyclic N) is 1. The van der Waals surface area contributed by atoms with Crippen molar-refractivity contribution in [3.8, 4) is 0 Å². The van der Waals surface area contributed by atoms with Gasteiger partial charge in [0, 0.05) is 0 Å². The van der Waals surface area contributed by atoms with Gasteiger partial charge in [0.2, 0.25) is 0 Å². The molecule has 0 saturated carbocycles. The number of hydrogen-bond acceptors (Lipinski definition) is 6. The number of rotatable bonds is 4. The van der Waals surface area contributed by atoms with Crippen LogP contribution in [0, 0.1) is 0 Å². The molecular formula is C18H27NO6. The minimum atomic E-state index is -1.34. The highest BCUT2D eigenvalue weighted by Crippen LogP contribution is 2.22. The average molecular weight is 353 g/mol. The zero-order chi connectivity index (χ0) is 18.6. The van der Waals surface area contributed by atoms with E-state index in [-0.39, 0.29) is 13.2 Å². The Hall–Kier alpha value is -1.67. The maximum atomic E-state index is 12.4. The number of aliphatic hydroxyl groups excluding tert-OH is 3. The number of ether oxygens (including phenoxy) is 2. The Morgan fingerprint density at radius 3 is 2.40 bits per heavy atom. The van der Waals surface area contributed by atoms with Crippen LogP contribution in [-0.4, -0.2) is 69.4 Å². The Balaban J connectivity index is 2.04. The number of hydrogen-bond donors (Lipinski definition) is 3. The molecule has 7 nitrogen and oxygen atoms in total. The van der Waals surface area contributed by atoms with Crippen molar-refractivity contribution < 1.29 is 29.6 Å². The van der Waals surface area contributed by atoms with Gasteiger partial charge in [-0.15, -0.1) is 0 Å². The maximum Gasteiger partial charge on any atom is 0.410 e. The van der Waals surface area contributed by atoms with E-state index >= 15 is 0 Å². The van der Waals surface area contributed by atoms with Crippen LogP contribution >= 0.6 is 0 Å². The predicted molar refractivity (Wildman–Crippen MR) is 90.8 cm³/mol. The van der Waals surface area contributed by atoms with Gasteiger partial charge in [0.05, 0.1) is 25.8 Å². The van der Waals surface area contributed by atoms with E-state index in [2.05, 4.69) is 0 Å². The fraction of sp³-hybridized carbons (Fsp3) is 0.611. The third kappa shape index (κ3) is 5.40. The molecule has 3 N–H and O–H groups in total. The molecule has 2 rings (SSSR count). The molecule has 0 unspecified atom stereocenters. The van der Waals surface area contributed by atoms with Crippen LogP contribution < -0.4 is 0 Å². The second-order valence-corrected chi connectivity index (χ2v) is 7.25. The Labute approximate surface area is 147 Å². The number of carbonyl (C=O) groups is 1. The van der Waals surface area contributed by atoms with Gasteiger partial charge >= 0.3 is 6.09 Å². The minimum absolute atomic E-state index is 0.0130. The van der Waals surface area contributed by atoms with Crippen LogP contribution in [0.15, 0.2) is 30.3 Å². The van der Waals surface area contributed by atoms with Crippen molar-refractivity contribution in [3.63, 3.8) is 0 Å². The van der Waals surface area contributed by atoms with Crippen LogP contribution in [0.4, 0.5) is 4.79 Å². The first-order chi connectivity index (χ1) is 11.7. The number of amides is 1. The molecule has 0 bridgehead atoms. The summed E-state index contributed by atoms with van der Waals surface area (Å²) in [5, 5.41) is 30.1. The summed E-state index contributed by atoms with van der Waals surface area (Å²) in [6.45, 7) is 5.39. The first-order valence-corrected chi connectivity index (χ1v) is 8.34. The van der Waals surface area contributed by atoms with E-state index in [1.165, 1.54) is 4.90 Å². The first-order valence-electron chi connectivity index (χ1n) is 8.34. The number of likely N-dealkylation sites (tertiary alicyclic amines) is 1. The monoisotopic (exact) mass is 353 g/mol. The van der Waals surface area contributed by atoms with E-state index in [4.69, 9.17) is 9.47 Å². The molecule has 0 aromatic heterocycles. The summed E-state index contributed by atoms with van der Waals surface area (Å²) >= 11 is 0. The van der Waals surface area contributed by atoms with E-state index in [0.717, 1.165) is 5.56 Å². The fourth-order valence-electron chi connectivity index (χ4n) is 2.68. The smallest absolute Gasteiger partial charge is 0.410 e. The molecule has 0 radical (unpaired) electrons. The Morgan fingerprint density at radius 2 is 1.80 bits per heavy atom. The fourth-order valence-corrected chi connectivity index (χ4v) is 2.68. The van der Waals surface area contributed by atoms with Crippen molar-refractivity contribution in [1.29, 1.82) is 0 Å². The van der Waals surface area contributed by atoms with Gasteiger partial charge in [-0.2, -0.15) is 0 Å². The quantitative estimate of drug-likeness (QED) is 0.744. The largest absolute Gasteiger partial charge is 0.444 e. The van der Waals surface area contributed by atoms with Crippen molar-refractivity contribution >= 4 is 6.09 Å². The first kappa shape index (κ1) is 19.7. The predicted octanol–water partition coefficient (Wildman–Crippen LogP) is 0.905. The summed E-state index contributed by atoms with van der Waals surface area (Å²) < 4.78 is 11.0. The van der Waals surface area contributed by atoms with Crippen LogP contribution in [0.5, 0.6) is 0 Å². The summed E-state index contributed by atoms with van der Waals surface area (Å²) in [5.41, 5.74) is 0.246. The van der Waals surface area contributed by atoms with E-state index < -0.39 is 36.0 Å². The zero-order valence-electron chi connectivity index (χ0n) is 14.8. The van der Waals surface area contributed by atoms with Crippen LogP contribution in [-0.2, 0) is 16.1 Å². The van der Waals surface area contributed by atoms with Crippen LogP contribution in [0.2, 0.25) is 0 Å². The van der Waals surface area contributed by atoms with Crippen molar-refractivity contribution in [3.05, 3.63) is 35.9 Å². The van der Waals surface area contributed by atoms with Gasteiger partial charge in [0.25, 0.3) is 0 Å². The Kier molecular flexibility index (Phi) is 6.40. The molecule has 1 fully saturated rings. The van der Waals surface area contributed by atoms with E-state index in [1.54, 1.807) is 20.8 Å². The number of aliphatic hydroxyl groups is 3. The number of carbonyl (C=O) groups excluding carboxylic acids is 1. The standard InChI is InChI=1S/C18H27NO6/c1-18(2,3)25-17(23)19-9-14(20)16(22)15(21)13(19)11-24-10-12-7-5-4-6-8-12/h4-8,13-16,20-22H,9-11H2,1-3H3/t13-,14-,15-,16+/m1/s1. The van der Waals surface area contributed by atoms with Crippen LogP contribution in [0.3, 0.4) is 0 Å². The lowest BCUT2D eigenvalue weighted by atomic mass is 9.94. The molecule has 1 amide bonds. The van der Waals surface area contributed by atoms with Gasteiger partial charge in [-0.3, -0.25) is 4.90 Å². The van der Waals surface area contributed by atoms with Crippen LogP contribution in [0.25, 0.3) is 0 Å². The Morgan fingerprint density at radius 1 is 1.16 bits per heavy atom. The van der Waals surface area contributed by atoms with Gasteiger partial charge < -0.3 is 24.8 Å². The summed E-state index contributed by atoms with van der Waals surface area (Å²) in [7, 11) is 0. The molecular weight excluding hydrogens is 326 g/mol.